The number of aliphatic hydroxyl groups is 1. The Kier molecular flexibility index (Phi) is 2.44. The van der Waals surface area contributed by atoms with Gasteiger partial charge in [0.05, 0.1) is 0 Å². The summed E-state index contributed by atoms with van der Waals surface area (Å²) >= 11 is 0. The number of piperidine rings is 1. The third kappa shape index (κ3) is 1.54. The molecule has 1 saturated heterocycles. The second-order valence-corrected chi connectivity index (χ2v) is 4.76. The van der Waals surface area contributed by atoms with Gasteiger partial charge in [-0.25, -0.2) is 0 Å². The van der Waals surface area contributed by atoms with Crippen LogP contribution in [-0.4, -0.2) is 18.2 Å². The summed E-state index contributed by atoms with van der Waals surface area (Å²) in [6.07, 6.45) is 4.26. The van der Waals surface area contributed by atoms with Gasteiger partial charge in [-0.15, -0.1) is 0 Å². The Labute approximate surface area is 96.0 Å². The lowest BCUT2D eigenvalue weighted by Crippen LogP contribution is -2.31. The lowest BCUT2D eigenvalue weighted by atomic mass is 9.81. The van der Waals surface area contributed by atoms with Gasteiger partial charge in [0, 0.05) is 5.92 Å². The van der Waals surface area contributed by atoms with Crippen molar-refractivity contribution in [2.45, 2.75) is 18.8 Å². The molecule has 0 saturated carbocycles. The van der Waals surface area contributed by atoms with Crippen molar-refractivity contribution in [1.29, 1.82) is 0 Å². The standard InChI is InChI=1S/C14H17NO/c16-13-9-11-3-1-2-4-12(11)14(13)10-5-7-15-8-6-10/h1-4,9-10,14-16H,5-8H2. The Balaban J connectivity index is 1.93. The van der Waals surface area contributed by atoms with E-state index in [1.165, 1.54) is 11.1 Å². The molecular weight excluding hydrogens is 198 g/mol. The molecule has 1 fully saturated rings. The Morgan fingerprint density at radius 1 is 1.12 bits per heavy atom. The molecule has 1 aliphatic heterocycles. The molecule has 3 rings (SSSR count). The molecule has 2 aliphatic rings. The summed E-state index contributed by atoms with van der Waals surface area (Å²) in [6.45, 7) is 2.16. The first-order valence-corrected chi connectivity index (χ1v) is 6.06. The van der Waals surface area contributed by atoms with Gasteiger partial charge >= 0.3 is 0 Å². The minimum absolute atomic E-state index is 0.248. The molecule has 1 atom stereocenters. The molecular formula is C14H17NO. The zero-order valence-electron chi connectivity index (χ0n) is 9.32. The van der Waals surface area contributed by atoms with Crippen molar-refractivity contribution >= 4 is 6.08 Å². The SMILES string of the molecule is OC1=Cc2ccccc2C1C1CCNCC1. The van der Waals surface area contributed by atoms with Crippen LogP contribution in [0.2, 0.25) is 0 Å². The average molecular weight is 215 g/mol. The van der Waals surface area contributed by atoms with Crippen molar-refractivity contribution in [3.05, 3.63) is 41.2 Å². The Morgan fingerprint density at radius 3 is 2.69 bits per heavy atom. The average Bonchev–Trinajstić information content (AvgIpc) is 2.66. The molecule has 0 radical (unpaired) electrons. The molecule has 1 aliphatic carbocycles. The van der Waals surface area contributed by atoms with E-state index >= 15 is 0 Å². The minimum atomic E-state index is 0.248. The molecule has 0 amide bonds. The fourth-order valence-electron chi connectivity index (χ4n) is 3.01. The third-order valence-corrected chi connectivity index (χ3v) is 3.81. The van der Waals surface area contributed by atoms with Gasteiger partial charge in [0.25, 0.3) is 0 Å². The first-order chi connectivity index (χ1) is 7.86. The predicted molar refractivity (Wildman–Crippen MR) is 65.4 cm³/mol. The fourth-order valence-corrected chi connectivity index (χ4v) is 3.01. The van der Waals surface area contributed by atoms with Gasteiger partial charge < -0.3 is 10.4 Å². The van der Waals surface area contributed by atoms with Crippen LogP contribution in [0.5, 0.6) is 0 Å². The van der Waals surface area contributed by atoms with E-state index < -0.39 is 0 Å². The van der Waals surface area contributed by atoms with Crippen LogP contribution in [0.3, 0.4) is 0 Å². The molecule has 16 heavy (non-hydrogen) atoms. The summed E-state index contributed by atoms with van der Waals surface area (Å²) < 4.78 is 0. The molecule has 2 heteroatoms. The maximum absolute atomic E-state index is 10.1. The van der Waals surface area contributed by atoms with Crippen LogP contribution in [0, 0.1) is 5.92 Å². The molecule has 0 aromatic heterocycles. The number of fused-ring (bicyclic) bond motifs is 1. The van der Waals surface area contributed by atoms with E-state index in [0.29, 0.717) is 11.7 Å². The van der Waals surface area contributed by atoms with E-state index in [1.807, 2.05) is 12.1 Å². The van der Waals surface area contributed by atoms with E-state index in [9.17, 15) is 5.11 Å². The third-order valence-electron chi connectivity index (χ3n) is 3.81. The number of hydrogen-bond acceptors (Lipinski definition) is 2. The second kappa shape index (κ2) is 3.95. The van der Waals surface area contributed by atoms with Gasteiger partial charge in [0.15, 0.2) is 0 Å². The summed E-state index contributed by atoms with van der Waals surface area (Å²) in [6, 6.07) is 8.35. The molecule has 2 nitrogen and oxygen atoms in total. The van der Waals surface area contributed by atoms with Crippen LogP contribution < -0.4 is 5.32 Å². The van der Waals surface area contributed by atoms with Gasteiger partial charge in [0.2, 0.25) is 0 Å². The number of allylic oxidation sites excluding steroid dienone is 1. The number of aliphatic hydroxyl groups excluding tert-OH is 1. The zero-order valence-corrected chi connectivity index (χ0v) is 9.32. The fraction of sp³-hybridized carbons (Fsp3) is 0.429. The van der Waals surface area contributed by atoms with Gasteiger partial charge in [-0.05, 0) is 49.1 Å². The quantitative estimate of drug-likeness (QED) is 0.755. The lowest BCUT2D eigenvalue weighted by molar-refractivity contribution is 0.278. The summed E-state index contributed by atoms with van der Waals surface area (Å²) in [7, 11) is 0. The maximum Gasteiger partial charge on any atom is 0.101 e. The highest BCUT2D eigenvalue weighted by molar-refractivity contribution is 5.64. The van der Waals surface area contributed by atoms with Gasteiger partial charge in [-0.1, -0.05) is 24.3 Å². The topological polar surface area (TPSA) is 32.3 Å². The molecule has 1 unspecified atom stereocenters. The van der Waals surface area contributed by atoms with Crippen LogP contribution in [0.1, 0.15) is 29.9 Å². The maximum atomic E-state index is 10.1. The van der Waals surface area contributed by atoms with Crippen LogP contribution in [0.25, 0.3) is 6.08 Å². The van der Waals surface area contributed by atoms with Gasteiger partial charge in [0.1, 0.15) is 5.76 Å². The van der Waals surface area contributed by atoms with Crippen LogP contribution in [0.15, 0.2) is 30.0 Å². The summed E-state index contributed by atoms with van der Waals surface area (Å²) in [5, 5.41) is 13.5. The van der Waals surface area contributed by atoms with E-state index in [0.717, 1.165) is 25.9 Å². The van der Waals surface area contributed by atoms with Crippen LogP contribution in [-0.2, 0) is 0 Å². The first kappa shape index (κ1) is 9.91. The number of hydrogen-bond donors (Lipinski definition) is 2. The highest BCUT2D eigenvalue weighted by Gasteiger charge is 2.32. The van der Waals surface area contributed by atoms with Crippen LogP contribution >= 0.6 is 0 Å². The Bertz CT molecular complexity index is 418. The lowest BCUT2D eigenvalue weighted by Gasteiger charge is -2.28. The van der Waals surface area contributed by atoms with Crippen molar-refractivity contribution in [2.75, 3.05) is 13.1 Å². The van der Waals surface area contributed by atoms with Crippen molar-refractivity contribution < 1.29 is 5.11 Å². The van der Waals surface area contributed by atoms with Gasteiger partial charge in [-0.3, -0.25) is 0 Å². The monoisotopic (exact) mass is 215 g/mol. The molecule has 0 spiro atoms. The van der Waals surface area contributed by atoms with Crippen LogP contribution in [0.4, 0.5) is 0 Å². The smallest absolute Gasteiger partial charge is 0.101 e. The molecule has 1 aromatic carbocycles. The Hall–Kier alpha value is -1.28. The van der Waals surface area contributed by atoms with Crippen molar-refractivity contribution in [3.8, 4) is 0 Å². The first-order valence-electron chi connectivity index (χ1n) is 6.06. The molecule has 0 bridgehead atoms. The Morgan fingerprint density at radius 2 is 1.88 bits per heavy atom. The summed E-state index contributed by atoms with van der Waals surface area (Å²) in [4.78, 5) is 0. The zero-order chi connectivity index (χ0) is 11.0. The van der Waals surface area contributed by atoms with Crippen molar-refractivity contribution in [3.63, 3.8) is 0 Å². The molecule has 2 N–H and O–H groups in total. The van der Waals surface area contributed by atoms with E-state index in [-0.39, 0.29) is 5.92 Å². The van der Waals surface area contributed by atoms with Gasteiger partial charge in [-0.2, -0.15) is 0 Å². The minimum Gasteiger partial charge on any atom is -0.512 e. The van der Waals surface area contributed by atoms with E-state index in [1.54, 1.807) is 0 Å². The van der Waals surface area contributed by atoms with Crippen molar-refractivity contribution in [2.24, 2.45) is 5.92 Å². The normalized spacial score (nSPS) is 25.2. The predicted octanol–water partition coefficient (Wildman–Crippen LogP) is 2.68. The largest absolute Gasteiger partial charge is 0.512 e. The molecule has 84 valence electrons. The number of rotatable bonds is 1. The second-order valence-electron chi connectivity index (χ2n) is 4.76. The highest BCUT2D eigenvalue weighted by atomic mass is 16.3. The highest BCUT2D eigenvalue weighted by Crippen LogP contribution is 2.42. The van der Waals surface area contributed by atoms with E-state index in [2.05, 4.69) is 23.5 Å². The van der Waals surface area contributed by atoms with E-state index in [4.69, 9.17) is 0 Å². The number of benzene rings is 1. The summed E-state index contributed by atoms with van der Waals surface area (Å²) in [5.41, 5.74) is 2.51. The summed E-state index contributed by atoms with van der Waals surface area (Å²) in [5.74, 6) is 1.41. The molecule has 1 aromatic rings. The number of nitrogens with one attached hydrogen (secondary N) is 1. The molecule has 1 heterocycles. The van der Waals surface area contributed by atoms with Crippen molar-refractivity contribution in [1.82, 2.24) is 5.32 Å².